The van der Waals surface area contributed by atoms with E-state index in [4.69, 9.17) is 5.73 Å². The first kappa shape index (κ1) is 12.7. The molecule has 0 aromatic heterocycles. The third-order valence-corrected chi connectivity index (χ3v) is 3.98. The highest BCUT2D eigenvalue weighted by Crippen LogP contribution is 2.34. The molecule has 0 spiro atoms. The molecule has 0 aliphatic carbocycles. The van der Waals surface area contributed by atoms with Gasteiger partial charge >= 0.3 is 0 Å². The Hall–Kier alpha value is -2.29. The van der Waals surface area contributed by atoms with Crippen LogP contribution in [0.25, 0.3) is 0 Å². The fourth-order valence-corrected chi connectivity index (χ4v) is 2.87. The summed E-state index contributed by atoms with van der Waals surface area (Å²) in [4.78, 5) is 14.7. The van der Waals surface area contributed by atoms with E-state index in [1.165, 1.54) is 5.56 Å². The zero-order valence-electron chi connectivity index (χ0n) is 11.8. The number of rotatable bonds is 1. The minimum atomic E-state index is -0.0105. The summed E-state index contributed by atoms with van der Waals surface area (Å²) in [6, 6.07) is 13.8. The minimum absolute atomic E-state index is 0.0105. The summed E-state index contributed by atoms with van der Waals surface area (Å²) in [6.07, 6.45) is 0.896. The average molecular weight is 266 g/mol. The van der Waals surface area contributed by atoms with Gasteiger partial charge < -0.3 is 10.6 Å². The smallest absolute Gasteiger partial charge is 0.260 e. The maximum atomic E-state index is 12.8. The summed E-state index contributed by atoms with van der Waals surface area (Å²) in [6.45, 7) is 4.00. The van der Waals surface area contributed by atoms with Gasteiger partial charge in [-0.3, -0.25) is 4.79 Å². The van der Waals surface area contributed by atoms with Gasteiger partial charge in [-0.1, -0.05) is 30.3 Å². The van der Waals surface area contributed by atoms with Gasteiger partial charge in [0.2, 0.25) is 0 Å². The normalized spacial score (nSPS) is 17.1. The Morgan fingerprint density at radius 3 is 2.75 bits per heavy atom. The van der Waals surface area contributed by atoms with Crippen LogP contribution in [0.3, 0.4) is 0 Å². The number of nitrogens with two attached hydrogens (primary N) is 1. The van der Waals surface area contributed by atoms with Crippen LogP contribution in [0.15, 0.2) is 42.5 Å². The van der Waals surface area contributed by atoms with Crippen LogP contribution in [-0.4, -0.2) is 11.9 Å². The summed E-state index contributed by atoms with van der Waals surface area (Å²) in [7, 11) is 0. The molecule has 0 saturated carbocycles. The maximum absolute atomic E-state index is 12.8. The minimum Gasteiger partial charge on any atom is -0.398 e. The summed E-state index contributed by atoms with van der Waals surface area (Å²) in [5.41, 5.74) is 10.4. The number of para-hydroxylation sites is 2. The SMILES string of the molecule is Cc1cccc(C(=O)N2c3ccccc3CC2C)c1N. The molecule has 2 aromatic rings. The van der Waals surface area contributed by atoms with Gasteiger partial charge in [0.05, 0.1) is 5.56 Å². The van der Waals surface area contributed by atoms with Crippen LogP contribution in [0.2, 0.25) is 0 Å². The zero-order chi connectivity index (χ0) is 14.3. The van der Waals surface area contributed by atoms with Crippen molar-refractivity contribution in [3.05, 3.63) is 59.2 Å². The zero-order valence-corrected chi connectivity index (χ0v) is 11.8. The molecular formula is C17H18N2O. The van der Waals surface area contributed by atoms with Gasteiger partial charge in [-0.05, 0) is 43.5 Å². The number of anilines is 2. The molecule has 0 radical (unpaired) electrons. The van der Waals surface area contributed by atoms with E-state index in [2.05, 4.69) is 13.0 Å². The van der Waals surface area contributed by atoms with Gasteiger partial charge in [-0.15, -0.1) is 0 Å². The molecule has 1 atom stereocenters. The Kier molecular flexibility index (Phi) is 2.97. The number of carbonyl (C=O) groups excluding carboxylic acids is 1. The van der Waals surface area contributed by atoms with Crippen LogP contribution < -0.4 is 10.6 Å². The van der Waals surface area contributed by atoms with Gasteiger partial charge in [-0.25, -0.2) is 0 Å². The first-order valence-electron chi connectivity index (χ1n) is 6.86. The highest BCUT2D eigenvalue weighted by atomic mass is 16.2. The topological polar surface area (TPSA) is 46.3 Å². The van der Waals surface area contributed by atoms with E-state index >= 15 is 0 Å². The van der Waals surface area contributed by atoms with Crippen molar-refractivity contribution in [2.24, 2.45) is 0 Å². The van der Waals surface area contributed by atoms with Crippen molar-refractivity contribution < 1.29 is 4.79 Å². The van der Waals surface area contributed by atoms with E-state index in [0.29, 0.717) is 11.3 Å². The van der Waals surface area contributed by atoms with E-state index < -0.39 is 0 Å². The van der Waals surface area contributed by atoms with E-state index in [-0.39, 0.29) is 11.9 Å². The predicted octanol–water partition coefficient (Wildman–Crippen LogP) is 3.17. The quantitative estimate of drug-likeness (QED) is 0.806. The fraction of sp³-hybridized carbons (Fsp3) is 0.235. The molecule has 1 heterocycles. The number of carbonyl (C=O) groups is 1. The lowest BCUT2D eigenvalue weighted by atomic mass is 10.1. The molecule has 1 amide bonds. The number of aryl methyl sites for hydroxylation is 1. The van der Waals surface area contributed by atoms with Crippen LogP contribution >= 0.6 is 0 Å². The van der Waals surface area contributed by atoms with Crippen molar-refractivity contribution in [1.82, 2.24) is 0 Å². The Morgan fingerprint density at radius 1 is 1.20 bits per heavy atom. The Labute approximate surface area is 119 Å². The molecule has 0 fully saturated rings. The molecule has 3 nitrogen and oxygen atoms in total. The van der Waals surface area contributed by atoms with Gasteiger partial charge in [0.25, 0.3) is 5.91 Å². The van der Waals surface area contributed by atoms with Gasteiger partial charge in [0.15, 0.2) is 0 Å². The molecule has 0 bridgehead atoms. The van der Waals surface area contributed by atoms with Crippen molar-refractivity contribution in [2.45, 2.75) is 26.3 Å². The van der Waals surface area contributed by atoms with Crippen molar-refractivity contribution >= 4 is 17.3 Å². The molecular weight excluding hydrogens is 248 g/mol. The van der Waals surface area contributed by atoms with Crippen LogP contribution in [0.1, 0.15) is 28.4 Å². The molecule has 0 saturated heterocycles. The molecule has 2 N–H and O–H groups in total. The summed E-state index contributed by atoms with van der Waals surface area (Å²) in [5, 5.41) is 0. The second-order valence-electron chi connectivity index (χ2n) is 5.39. The number of benzene rings is 2. The number of hydrogen-bond acceptors (Lipinski definition) is 2. The van der Waals surface area contributed by atoms with Crippen molar-refractivity contribution in [3.8, 4) is 0 Å². The van der Waals surface area contributed by atoms with Crippen molar-refractivity contribution in [2.75, 3.05) is 10.6 Å². The van der Waals surface area contributed by atoms with E-state index in [0.717, 1.165) is 17.7 Å². The lowest BCUT2D eigenvalue weighted by Gasteiger charge is -2.23. The molecule has 3 rings (SSSR count). The van der Waals surface area contributed by atoms with Crippen LogP contribution in [0, 0.1) is 6.92 Å². The summed E-state index contributed by atoms with van der Waals surface area (Å²) in [5.74, 6) is -0.0105. The number of amides is 1. The highest BCUT2D eigenvalue weighted by Gasteiger charge is 2.31. The molecule has 102 valence electrons. The van der Waals surface area contributed by atoms with Crippen molar-refractivity contribution in [1.29, 1.82) is 0 Å². The largest absolute Gasteiger partial charge is 0.398 e. The molecule has 1 unspecified atom stereocenters. The maximum Gasteiger partial charge on any atom is 0.260 e. The van der Waals surface area contributed by atoms with E-state index in [9.17, 15) is 4.79 Å². The number of hydrogen-bond donors (Lipinski definition) is 1. The second kappa shape index (κ2) is 4.67. The van der Waals surface area contributed by atoms with Gasteiger partial charge in [0, 0.05) is 17.4 Å². The summed E-state index contributed by atoms with van der Waals surface area (Å²) >= 11 is 0. The standard InChI is InChI=1S/C17H18N2O/c1-11-6-5-8-14(16(11)18)17(20)19-12(2)10-13-7-3-4-9-15(13)19/h3-9,12H,10,18H2,1-2H3. The van der Waals surface area contributed by atoms with E-state index in [1.54, 1.807) is 6.07 Å². The Morgan fingerprint density at radius 2 is 1.95 bits per heavy atom. The number of nitrogen functional groups attached to an aromatic ring is 1. The second-order valence-corrected chi connectivity index (χ2v) is 5.39. The molecule has 1 aliphatic heterocycles. The fourth-order valence-electron chi connectivity index (χ4n) is 2.87. The number of fused-ring (bicyclic) bond motifs is 1. The first-order chi connectivity index (χ1) is 9.59. The lowest BCUT2D eigenvalue weighted by molar-refractivity contribution is 0.0982. The molecule has 3 heteroatoms. The number of nitrogens with zero attached hydrogens (tertiary/aromatic N) is 1. The predicted molar refractivity (Wildman–Crippen MR) is 82.0 cm³/mol. The average Bonchev–Trinajstić information content (AvgIpc) is 2.77. The molecule has 2 aromatic carbocycles. The van der Waals surface area contributed by atoms with Crippen LogP contribution in [0.4, 0.5) is 11.4 Å². The Balaban J connectivity index is 2.05. The first-order valence-corrected chi connectivity index (χ1v) is 6.86. The van der Waals surface area contributed by atoms with E-state index in [1.807, 2.05) is 42.2 Å². The third kappa shape index (κ3) is 1.86. The summed E-state index contributed by atoms with van der Waals surface area (Å²) < 4.78 is 0. The highest BCUT2D eigenvalue weighted by molar-refractivity contribution is 6.11. The third-order valence-electron chi connectivity index (χ3n) is 3.98. The lowest BCUT2D eigenvalue weighted by Crippen LogP contribution is -2.36. The van der Waals surface area contributed by atoms with Gasteiger partial charge in [-0.2, -0.15) is 0 Å². The van der Waals surface area contributed by atoms with Gasteiger partial charge in [0.1, 0.15) is 0 Å². The van der Waals surface area contributed by atoms with Crippen LogP contribution in [0.5, 0.6) is 0 Å². The Bertz CT molecular complexity index is 678. The molecule has 1 aliphatic rings. The monoisotopic (exact) mass is 266 g/mol. The molecule has 20 heavy (non-hydrogen) atoms. The van der Waals surface area contributed by atoms with Crippen molar-refractivity contribution in [3.63, 3.8) is 0 Å². The van der Waals surface area contributed by atoms with Crippen LogP contribution in [-0.2, 0) is 6.42 Å².